The molecule has 0 aliphatic carbocycles. The quantitative estimate of drug-likeness (QED) is 0.468. The van der Waals surface area contributed by atoms with Crippen LogP contribution in [-0.4, -0.2) is 14.5 Å². The molecule has 2 aromatic heterocycles. The predicted octanol–water partition coefficient (Wildman–Crippen LogP) is 2.54. The van der Waals surface area contributed by atoms with E-state index in [0.29, 0.717) is 11.5 Å². The van der Waals surface area contributed by atoms with Crippen LogP contribution in [0.3, 0.4) is 0 Å². The summed E-state index contributed by atoms with van der Waals surface area (Å²) in [5.41, 5.74) is 22.3. The van der Waals surface area contributed by atoms with E-state index in [1.807, 2.05) is 49.6 Å². The van der Waals surface area contributed by atoms with Crippen molar-refractivity contribution in [1.82, 2.24) is 14.5 Å². The molecule has 0 radical (unpaired) electrons. The number of nitrogens with zero attached hydrogens (tertiary/aromatic N) is 3. The van der Waals surface area contributed by atoms with Gasteiger partial charge in [-0.1, -0.05) is 12.1 Å². The highest BCUT2D eigenvalue weighted by Crippen LogP contribution is 2.37. The van der Waals surface area contributed by atoms with Gasteiger partial charge in [0.15, 0.2) is 0 Å². The molecule has 6 N–H and O–H groups in total. The summed E-state index contributed by atoms with van der Waals surface area (Å²) in [5.74, 6) is 0.562. The molecule has 0 aliphatic rings. The van der Waals surface area contributed by atoms with Crippen molar-refractivity contribution in [2.24, 2.45) is 7.05 Å². The topological polar surface area (TPSA) is 109 Å². The van der Waals surface area contributed by atoms with Gasteiger partial charge in [-0.05, 0) is 29.8 Å². The molecule has 0 bridgehead atoms. The number of aryl methyl sites for hydroxylation is 1. The Balaban J connectivity index is 2.20. The van der Waals surface area contributed by atoms with Gasteiger partial charge < -0.3 is 21.8 Å². The lowest BCUT2D eigenvalue weighted by molar-refractivity contribution is 0.970. The van der Waals surface area contributed by atoms with E-state index in [0.717, 1.165) is 32.9 Å². The monoisotopic (exact) mass is 304 g/mol. The zero-order valence-electron chi connectivity index (χ0n) is 12.6. The van der Waals surface area contributed by atoms with Gasteiger partial charge in [-0.2, -0.15) is 4.98 Å². The molecule has 23 heavy (non-hydrogen) atoms. The number of benzene rings is 2. The second kappa shape index (κ2) is 4.61. The van der Waals surface area contributed by atoms with Gasteiger partial charge in [0.1, 0.15) is 5.82 Å². The van der Waals surface area contributed by atoms with Gasteiger partial charge in [0.05, 0.1) is 16.4 Å². The van der Waals surface area contributed by atoms with Crippen LogP contribution >= 0.6 is 0 Å². The lowest BCUT2D eigenvalue weighted by Gasteiger charge is -2.11. The summed E-state index contributed by atoms with van der Waals surface area (Å²) in [4.78, 5) is 8.44. The molecule has 114 valence electrons. The Labute approximate surface area is 132 Å². The lowest BCUT2D eigenvalue weighted by Crippen LogP contribution is -2.01. The van der Waals surface area contributed by atoms with Crippen molar-refractivity contribution in [1.29, 1.82) is 0 Å². The van der Waals surface area contributed by atoms with Gasteiger partial charge in [-0.15, -0.1) is 0 Å². The fourth-order valence-electron chi connectivity index (χ4n) is 3.09. The Morgan fingerprint density at radius 1 is 1.00 bits per heavy atom. The molecule has 2 heterocycles. The lowest BCUT2D eigenvalue weighted by atomic mass is 9.99. The van der Waals surface area contributed by atoms with Gasteiger partial charge in [0.25, 0.3) is 0 Å². The molecule has 2 aromatic carbocycles. The maximum Gasteiger partial charge on any atom is 0.222 e. The molecule has 0 unspecified atom stereocenters. The second-order valence-corrected chi connectivity index (χ2v) is 5.60. The van der Waals surface area contributed by atoms with Gasteiger partial charge in [0, 0.05) is 29.9 Å². The summed E-state index contributed by atoms with van der Waals surface area (Å²) in [5, 5.41) is 1.82. The zero-order chi connectivity index (χ0) is 16.1. The number of hydrogen-bond donors (Lipinski definition) is 3. The van der Waals surface area contributed by atoms with Crippen LogP contribution in [0.25, 0.3) is 32.9 Å². The van der Waals surface area contributed by atoms with Crippen LogP contribution in [0.4, 0.5) is 17.5 Å². The van der Waals surface area contributed by atoms with Gasteiger partial charge in [0.2, 0.25) is 5.95 Å². The minimum absolute atomic E-state index is 0.170. The Hall–Kier alpha value is -3.28. The molecule has 4 rings (SSSR count). The SMILES string of the molecule is Cn1ccc2c3c(N)nc(N)nc3cc(-c3cccc(N)c3)c21. The molecule has 0 atom stereocenters. The summed E-state index contributed by atoms with van der Waals surface area (Å²) in [6.07, 6.45) is 2.00. The molecule has 6 heteroatoms. The summed E-state index contributed by atoms with van der Waals surface area (Å²) in [6.45, 7) is 0. The van der Waals surface area contributed by atoms with Crippen molar-refractivity contribution in [3.8, 4) is 11.1 Å². The van der Waals surface area contributed by atoms with E-state index in [4.69, 9.17) is 17.2 Å². The molecular formula is C17H16N6. The Morgan fingerprint density at radius 3 is 2.61 bits per heavy atom. The first kappa shape index (κ1) is 13.4. The Kier molecular flexibility index (Phi) is 2.68. The average Bonchev–Trinajstić information content (AvgIpc) is 2.88. The number of nitrogen functional groups attached to an aromatic ring is 3. The molecule has 0 spiro atoms. The molecule has 0 saturated carbocycles. The maximum atomic E-state index is 6.08. The van der Waals surface area contributed by atoms with E-state index in [1.54, 1.807) is 0 Å². The minimum atomic E-state index is 0.170. The first-order valence-electron chi connectivity index (χ1n) is 7.21. The van der Waals surface area contributed by atoms with Crippen molar-refractivity contribution in [3.05, 3.63) is 42.6 Å². The van der Waals surface area contributed by atoms with E-state index in [9.17, 15) is 0 Å². The first-order valence-corrected chi connectivity index (χ1v) is 7.21. The number of anilines is 3. The number of fused-ring (bicyclic) bond motifs is 3. The van der Waals surface area contributed by atoms with E-state index < -0.39 is 0 Å². The predicted molar refractivity (Wildman–Crippen MR) is 94.7 cm³/mol. The van der Waals surface area contributed by atoms with Crippen molar-refractivity contribution >= 4 is 39.3 Å². The highest BCUT2D eigenvalue weighted by Gasteiger charge is 2.15. The van der Waals surface area contributed by atoms with Gasteiger partial charge in [-0.25, -0.2) is 4.98 Å². The normalized spacial score (nSPS) is 11.3. The highest BCUT2D eigenvalue weighted by atomic mass is 15.0. The van der Waals surface area contributed by atoms with Crippen molar-refractivity contribution in [2.45, 2.75) is 0 Å². The number of nitrogens with two attached hydrogens (primary N) is 3. The standard InChI is InChI=1S/C17H16N6/c1-23-6-5-11-14-13(21-17(20)22-16(14)19)8-12(15(11)23)9-3-2-4-10(18)7-9/h2-8H,18H2,1H3,(H4,19,20,21,22). The van der Waals surface area contributed by atoms with E-state index in [-0.39, 0.29) is 5.95 Å². The molecule has 0 saturated heterocycles. The van der Waals surface area contributed by atoms with Crippen molar-refractivity contribution in [2.75, 3.05) is 17.2 Å². The second-order valence-electron chi connectivity index (χ2n) is 5.60. The third-order valence-corrected chi connectivity index (χ3v) is 4.06. The Bertz CT molecular complexity index is 1060. The van der Waals surface area contributed by atoms with E-state index >= 15 is 0 Å². The van der Waals surface area contributed by atoms with Crippen LogP contribution in [-0.2, 0) is 7.05 Å². The van der Waals surface area contributed by atoms with Gasteiger partial charge >= 0.3 is 0 Å². The Morgan fingerprint density at radius 2 is 1.83 bits per heavy atom. The molecule has 0 amide bonds. The van der Waals surface area contributed by atoms with Crippen LogP contribution < -0.4 is 17.2 Å². The van der Waals surface area contributed by atoms with Crippen LogP contribution in [0, 0.1) is 0 Å². The average molecular weight is 304 g/mol. The van der Waals surface area contributed by atoms with Crippen LogP contribution in [0.1, 0.15) is 0 Å². The molecular weight excluding hydrogens is 288 g/mol. The largest absolute Gasteiger partial charge is 0.399 e. The summed E-state index contributed by atoms with van der Waals surface area (Å²) in [6, 6.07) is 11.8. The third-order valence-electron chi connectivity index (χ3n) is 4.06. The highest BCUT2D eigenvalue weighted by molar-refractivity contribution is 6.15. The van der Waals surface area contributed by atoms with Crippen molar-refractivity contribution in [3.63, 3.8) is 0 Å². The number of rotatable bonds is 1. The zero-order valence-corrected chi connectivity index (χ0v) is 12.6. The minimum Gasteiger partial charge on any atom is -0.399 e. The van der Waals surface area contributed by atoms with E-state index in [2.05, 4.69) is 14.5 Å². The molecule has 6 nitrogen and oxygen atoms in total. The number of aromatic nitrogens is 3. The molecule has 0 fully saturated rings. The summed E-state index contributed by atoms with van der Waals surface area (Å²) >= 11 is 0. The summed E-state index contributed by atoms with van der Waals surface area (Å²) in [7, 11) is 2.00. The summed E-state index contributed by atoms with van der Waals surface area (Å²) < 4.78 is 2.06. The first-order chi connectivity index (χ1) is 11.0. The molecule has 0 aliphatic heterocycles. The fraction of sp³-hybridized carbons (Fsp3) is 0.0588. The third kappa shape index (κ3) is 1.96. The fourth-order valence-corrected chi connectivity index (χ4v) is 3.09. The van der Waals surface area contributed by atoms with E-state index in [1.165, 1.54) is 0 Å². The van der Waals surface area contributed by atoms with Crippen LogP contribution in [0.2, 0.25) is 0 Å². The van der Waals surface area contributed by atoms with Crippen LogP contribution in [0.5, 0.6) is 0 Å². The van der Waals surface area contributed by atoms with Gasteiger partial charge in [-0.3, -0.25) is 0 Å². The number of hydrogen-bond acceptors (Lipinski definition) is 5. The van der Waals surface area contributed by atoms with Crippen molar-refractivity contribution < 1.29 is 0 Å². The molecule has 4 aromatic rings. The maximum absolute atomic E-state index is 6.08. The smallest absolute Gasteiger partial charge is 0.222 e. The van der Waals surface area contributed by atoms with Crippen LogP contribution in [0.15, 0.2) is 42.6 Å².